The molecular weight excluding hydrogens is 216 g/mol. The number of thiazole rings is 1. The lowest BCUT2D eigenvalue weighted by Gasteiger charge is -2.32. The maximum atomic E-state index is 4.88. The molecule has 2 nitrogen and oxygen atoms in total. The van der Waals surface area contributed by atoms with Crippen LogP contribution in [0.1, 0.15) is 53.7 Å². The first kappa shape index (κ1) is 10.7. The van der Waals surface area contributed by atoms with Crippen molar-refractivity contribution in [1.29, 1.82) is 0 Å². The van der Waals surface area contributed by atoms with Gasteiger partial charge in [0.15, 0.2) is 0 Å². The Balaban J connectivity index is 1.83. The molecule has 0 saturated heterocycles. The summed E-state index contributed by atoms with van der Waals surface area (Å²) in [6.45, 7) is 0. The van der Waals surface area contributed by atoms with Crippen molar-refractivity contribution in [2.24, 2.45) is 5.92 Å². The van der Waals surface area contributed by atoms with E-state index >= 15 is 0 Å². The molecule has 1 heterocycles. The SMILES string of the molecule is CNC(c1nc2c(s1)CCCC2)C1CCC1. The molecule has 0 bridgehead atoms. The van der Waals surface area contributed by atoms with Gasteiger partial charge in [0, 0.05) is 4.88 Å². The van der Waals surface area contributed by atoms with Crippen molar-refractivity contribution < 1.29 is 0 Å². The van der Waals surface area contributed by atoms with Gasteiger partial charge in [-0.05, 0) is 51.5 Å². The van der Waals surface area contributed by atoms with Crippen molar-refractivity contribution in [3.63, 3.8) is 0 Å². The Morgan fingerprint density at radius 3 is 2.69 bits per heavy atom. The fourth-order valence-electron chi connectivity index (χ4n) is 2.84. The highest BCUT2D eigenvalue weighted by atomic mass is 32.1. The highest BCUT2D eigenvalue weighted by Gasteiger charge is 2.30. The second kappa shape index (κ2) is 4.46. The minimum atomic E-state index is 0.532. The number of fused-ring (bicyclic) bond motifs is 1. The van der Waals surface area contributed by atoms with E-state index in [4.69, 9.17) is 4.98 Å². The molecule has 1 atom stereocenters. The fourth-order valence-corrected chi connectivity index (χ4v) is 4.20. The Bertz CT molecular complexity index is 345. The Morgan fingerprint density at radius 2 is 2.06 bits per heavy atom. The molecule has 2 aliphatic rings. The largest absolute Gasteiger partial charge is 0.311 e. The molecule has 1 aromatic heterocycles. The van der Waals surface area contributed by atoms with Gasteiger partial charge in [-0.3, -0.25) is 0 Å². The lowest BCUT2D eigenvalue weighted by atomic mass is 9.80. The lowest BCUT2D eigenvalue weighted by Crippen LogP contribution is -2.29. The first-order valence-electron chi connectivity index (χ1n) is 6.54. The van der Waals surface area contributed by atoms with Gasteiger partial charge in [0.25, 0.3) is 0 Å². The number of rotatable bonds is 3. The Morgan fingerprint density at radius 1 is 1.25 bits per heavy atom. The van der Waals surface area contributed by atoms with E-state index in [1.54, 1.807) is 4.88 Å². The van der Waals surface area contributed by atoms with Crippen molar-refractivity contribution in [3.05, 3.63) is 15.6 Å². The van der Waals surface area contributed by atoms with Crippen LogP contribution in [0.4, 0.5) is 0 Å². The molecule has 0 aromatic carbocycles. The van der Waals surface area contributed by atoms with Crippen LogP contribution in [0.25, 0.3) is 0 Å². The summed E-state index contributed by atoms with van der Waals surface area (Å²) in [6.07, 6.45) is 9.37. The normalized spacial score (nSPS) is 22.6. The predicted octanol–water partition coefficient (Wildman–Crippen LogP) is 3.08. The Kier molecular flexibility index (Phi) is 2.99. The highest BCUT2D eigenvalue weighted by Crippen LogP contribution is 2.40. The monoisotopic (exact) mass is 236 g/mol. The van der Waals surface area contributed by atoms with Crippen molar-refractivity contribution in [1.82, 2.24) is 10.3 Å². The van der Waals surface area contributed by atoms with E-state index in [-0.39, 0.29) is 0 Å². The third-order valence-electron chi connectivity index (χ3n) is 4.06. The Hall–Kier alpha value is -0.410. The maximum Gasteiger partial charge on any atom is 0.110 e. The van der Waals surface area contributed by atoms with Gasteiger partial charge in [-0.2, -0.15) is 0 Å². The molecule has 1 saturated carbocycles. The van der Waals surface area contributed by atoms with Gasteiger partial charge < -0.3 is 5.32 Å². The predicted molar refractivity (Wildman–Crippen MR) is 67.9 cm³/mol. The fraction of sp³-hybridized carbons (Fsp3) is 0.769. The molecule has 0 amide bonds. The van der Waals surface area contributed by atoms with E-state index in [0.717, 1.165) is 5.92 Å². The topological polar surface area (TPSA) is 24.9 Å². The van der Waals surface area contributed by atoms with Crippen molar-refractivity contribution in [2.75, 3.05) is 7.05 Å². The molecule has 0 spiro atoms. The van der Waals surface area contributed by atoms with Crippen LogP contribution in [0.15, 0.2) is 0 Å². The number of aromatic nitrogens is 1. The van der Waals surface area contributed by atoms with Gasteiger partial charge in [0.05, 0.1) is 11.7 Å². The molecule has 1 unspecified atom stereocenters. The van der Waals surface area contributed by atoms with Gasteiger partial charge in [-0.15, -0.1) is 11.3 Å². The van der Waals surface area contributed by atoms with Crippen molar-refractivity contribution >= 4 is 11.3 Å². The molecule has 2 aliphatic carbocycles. The van der Waals surface area contributed by atoms with Crippen LogP contribution < -0.4 is 5.32 Å². The summed E-state index contributed by atoms with van der Waals surface area (Å²) in [5.41, 5.74) is 1.41. The molecule has 88 valence electrons. The molecule has 0 radical (unpaired) electrons. The van der Waals surface area contributed by atoms with Gasteiger partial charge >= 0.3 is 0 Å². The Labute approximate surface area is 101 Å². The van der Waals surface area contributed by atoms with Crippen LogP contribution in [0.5, 0.6) is 0 Å². The third-order valence-corrected chi connectivity index (χ3v) is 5.30. The van der Waals surface area contributed by atoms with E-state index in [1.165, 1.54) is 55.6 Å². The summed E-state index contributed by atoms with van der Waals surface area (Å²) in [4.78, 5) is 6.45. The summed E-state index contributed by atoms with van der Waals surface area (Å²) in [7, 11) is 2.09. The van der Waals surface area contributed by atoms with Crippen LogP contribution >= 0.6 is 11.3 Å². The first-order valence-corrected chi connectivity index (χ1v) is 7.36. The number of nitrogens with one attached hydrogen (secondary N) is 1. The smallest absolute Gasteiger partial charge is 0.110 e. The van der Waals surface area contributed by atoms with Crippen LogP contribution in [-0.2, 0) is 12.8 Å². The van der Waals surface area contributed by atoms with E-state index in [9.17, 15) is 0 Å². The quantitative estimate of drug-likeness (QED) is 0.872. The van der Waals surface area contributed by atoms with Crippen molar-refractivity contribution in [2.45, 2.75) is 51.0 Å². The summed E-state index contributed by atoms with van der Waals surface area (Å²) >= 11 is 1.97. The molecule has 1 aromatic rings. The summed E-state index contributed by atoms with van der Waals surface area (Å²) < 4.78 is 0. The van der Waals surface area contributed by atoms with Gasteiger partial charge in [0.2, 0.25) is 0 Å². The molecule has 1 fully saturated rings. The molecule has 16 heavy (non-hydrogen) atoms. The molecular formula is C13H20N2S. The molecule has 3 rings (SSSR count). The van der Waals surface area contributed by atoms with E-state index in [2.05, 4.69) is 12.4 Å². The van der Waals surface area contributed by atoms with Gasteiger partial charge in [-0.25, -0.2) is 4.98 Å². The standard InChI is InChI=1S/C13H20N2S/c1-14-12(9-5-4-6-9)13-15-10-7-2-3-8-11(10)16-13/h9,12,14H,2-8H2,1H3. The molecule has 0 aliphatic heterocycles. The van der Waals surface area contributed by atoms with Crippen LogP contribution in [-0.4, -0.2) is 12.0 Å². The lowest BCUT2D eigenvalue weighted by molar-refractivity contribution is 0.239. The van der Waals surface area contributed by atoms with Gasteiger partial charge in [-0.1, -0.05) is 6.42 Å². The average molecular weight is 236 g/mol. The first-order chi connectivity index (χ1) is 7.88. The molecule has 3 heteroatoms. The zero-order valence-corrected chi connectivity index (χ0v) is 10.8. The summed E-state index contributed by atoms with van der Waals surface area (Å²) in [6, 6.07) is 0.532. The molecule has 1 N–H and O–H groups in total. The second-order valence-corrected chi connectivity index (χ2v) is 6.20. The van der Waals surface area contributed by atoms with E-state index < -0.39 is 0 Å². The zero-order chi connectivity index (χ0) is 11.0. The van der Waals surface area contributed by atoms with Crippen molar-refractivity contribution in [3.8, 4) is 0 Å². The maximum absolute atomic E-state index is 4.88. The number of hydrogen-bond acceptors (Lipinski definition) is 3. The van der Waals surface area contributed by atoms with Crippen LogP contribution in [0, 0.1) is 5.92 Å². The average Bonchev–Trinajstić information content (AvgIpc) is 2.66. The van der Waals surface area contributed by atoms with E-state index in [0.29, 0.717) is 6.04 Å². The summed E-state index contributed by atoms with van der Waals surface area (Å²) in [5, 5.41) is 4.84. The summed E-state index contributed by atoms with van der Waals surface area (Å²) in [5.74, 6) is 0.845. The highest BCUT2D eigenvalue weighted by molar-refractivity contribution is 7.11. The minimum Gasteiger partial charge on any atom is -0.311 e. The van der Waals surface area contributed by atoms with Crippen LogP contribution in [0.2, 0.25) is 0 Å². The minimum absolute atomic E-state index is 0.532. The second-order valence-electron chi connectivity index (χ2n) is 5.09. The van der Waals surface area contributed by atoms with Crippen LogP contribution in [0.3, 0.4) is 0 Å². The van der Waals surface area contributed by atoms with E-state index in [1.807, 2.05) is 11.3 Å². The number of aryl methyl sites for hydroxylation is 2. The third kappa shape index (κ3) is 1.80. The number of hydrogen-bond donors (Lipinski definition) is 1. The zero-order valence-electron chi connectivity index (χ0n) is 9.96. The number of nitrogens with zero attached hydrogens (tertiary/aromatic N) is 1. The van der Waals surface area contributed by atoms with Gasteiger partial charge in [0.1, 0.15) is 5.01 Å².